The van der Waals surface area contributed by atoms with Crippen molar-refractivity contribution in [1.29, 1.82) is 0 Å². The minimum absolute atomic E-state index is 0.0532. The van der Waals surface area contributed by atoms with E-state index in [4.69, 9.17) is 11.6 Å². The number of non-ortho nitro benzene ring substituents is 1. The molecule has 2 rings (SSSR count). The first-order valence-corrected chi connectivity index (χ1v) is 8.35. The summed E-state index contributed by atoms with van der Waals surface area (Å²) >= 11 is 5.70. The zero-order valence-electron chi connectivity index (χ0n) is 11.7. The Morgan fingerprint density at radius 2 is 2.10 bits per heavy atom. The highest BCUT2D eigenvalue weighted by molar-refractivity contribution is 7.90. The molecule has 1 aliphatic heterocycles. The molecule has 0 radical (unpaired) electrons. The van der Waals surface area contributed by atoms with Crippen LogP contribution < -0.4 is 4.31 Å². The van der Waals surface area contributed by atoms with Gasteiger partial charge in [-0.3, -0.25) is 14.4 Å². The van der Waals surface area contributed by atoms with Crippen LogP contribution in [0.15, 0.2) is 18.2 Å². The molecule has 0 bridgehead atoms. The van der Waals surface area contributed by atoms with E-state index < -0.39 is 15.1 Å². The fraction of sp³-hybridized carbons (Fsp3) is 0.500. The molecule has 7 nitrogen and oxygen atoms in total. The lowest BCUT2D eigenvalue weighted by Gasteiger charge is -2.38. The summed E-state index contributed by atoms with van der Waals surface area (Å²) in [7, 11) is -3.66. The van der Waals surface area contributed by atoms with Crippen LogP contribution in [0.25, 0.3) is 0 Å². The van der Waals surface area contributed by atoms with Crippen LogP contribution in [-0.4, -0.2) is 36.1 Å². The SMILES string of the molecule is CC(C)N1Cc2cc([N+](=O)[O-])ccc2N(CCCl)S1(=O)=O. The van der Waals surface area contributed by atoms with Gasteiger partial charge in [-0.15, -0.1) is 11.6 Å². The smallest absolute Gasteiger partial charge is 0.258 e. The molecule has 0 saturated heterocycles. The molecule has 1 aromatic carbocycles. The predicted octanol–water partition coefficient (Wildman–Crippen LogP) is 2.11. The lowest BCUT2D eigenvalue weighted by atomic mass is 10.1. The van der Waals surface area contributed by atoms with Crippen LogP contribution in [0.1, 0.15) is 19.4 Å². The van der Waals surface area contributed by atoms with E-state index >= 15 is 0 Å². The molecule has 9 heteroatoms. The average Bonchev–Trinajstić information content (AvgIpc) is 2.40. The van der Waals surface area contributed by atoms with E-state index in [1.807, 2.05) is 0 Å². The molecule has 0 saturated carbocycles. The summed E-state index contributed by atoms with van der Waals surface area (Å²) < 4.78 is 27.7. The normalized spacial score (nSPS) is 17.8. The Kier molecular flexibility index (Phi) is 4.40. The van der Waals surface area contributed by atoms with Crippen molar-refractivity contribution in [3.8, 4) is 0 Å². The van der Waals surface area contributed by atoms with Crippen LogP contribution in [0.3, 0.4) is 0 Å². The first-order chi connectivity index (χ1) is 9.78. The third-order valence-corrected chi connectivity index (χ3v) is 5.56. The minimum atomic E-state index is -3.66. The number of fused-ring (bicyclic) bond motifs is 1. The summed E-state index contributed by atoms with van der Waals surface area (Å²) in [4.78, 5) is 10.4. The molecule has 0 N–H and O–H groups in total. The second-order valence-electron chi connectivity index (χ2n) is 4.98. The Bertz CT molecular complexity index is 662. The zero-order valence-corrected chi connectivity index (χ0v) is 13.3. The molecule has 0 aliphatic carbocycles. The molecule has 0 aromatic heterocycles. The molecule has 116 valence electrons. The van der Waals surface area contributed by atoms with Gasteiger partial charge < -0.3 is 0 Å². The van der Waals surface area contributed by atoms with Crippen LogP contribution in [-0.2, 0) is 16.8 Å². The van der Waals surface area contributed by atoms with Crippen molar-refractivity contribution in [2.75, 3.05) is 16.7 Å². The number of alkyl halides is 1. The number of nitrogens with zero attached hydrogens (tertiary/aromatic N) is 3. The fourth-order valence-electron chi connectivity index (χ4n) is 2.32. The maximum atomic E-state index is 12.6. The molecule has 0 spiro atoms. The Morgan fingerprint density at radius 1 is 1.43 bits per heavy atom. The van der Waals surface area contributed by atoms with Crippen LogP contribution in [0.4, 0.5) is 11.4 Å². The number of rotatable bonds is 4. The van der Waals surface area contributed by atoms with Gasteiger partial charge in [0.1, 0.15) is 0 Å². The first kappa shape index (κ1) is 16.0. The molecular weight excluding hydrogens is 318 g/mol. The average molecular weight is 334 g/mol. The number of nitro groups is 1. The molecule has 0 fully saturated rings. The molecular formula is C12H16ClN3O4S. The quantitative estimate of drug-likeness (QED) is 0.480. The van der Waals surface area contributed by atoms with Crippen molar-refractivity contribution in [2.24, 2.45) is 0 Å². The maximum Gasteiger partial charge on any atom is 0.304 e. The van der Waals surface area contributed by atoms with Gasteiger partial charge in [-0.25, -0.2) is 0 Å². The molecule has 0 atom stereocenters. The summed E-state index contributed by atoms with van der Waals surface area (Å²) in [6, 6.07) is 3.94. The van der Waals surface area contributed by atoms with Crippen molar-refractivity contribution in [3.05, 3.63) is 33.9 Å². The van der Waals surface area contributed by atoms with Crippen LogP contribution in [0, 0.1) is 10.1 Å². The van der Waals surface area contributed by atoms with E-state index in [1.54, 1.807) is 13.8 Å². The van der Waals surface area contributed by atoms with Crippen LogP contribution >= 0.6 is 11.6 Å². The first-order valence-electron chi connectivity index (χ1n) is 6.42. The van der Waals surface area contributed by atoms with E-state index in [0.29, 0.717) is 11.3 Å². The monoisotopic (exact) mass is 333 g/mol. The van der Waals surface area contributed by atoms with Crippen LogP contribution in [0.5, 0.6) is 0 Å². The Hall–Kier alpha value is -1.38. The summed E-state index contributed by atoms with van der Waals surface area (Å²) in [5, 5.41) is 10.9. The molecule has 1 aromatic rings. The summed E-state index contributed by atoms with van der Waals surface area (Å²) in [5.74, 6) is 0.140. The topological polar surface area (TPSA) is 83.8 Å². The summed E-state index contributed by atoms with van der Waals surface area (Å²) in [6.07, 6.45) is 0. The van der Waals surface area contributed by atoms with Gasteiger partial charge in [-0.2, -0.15) is 12.7 Å². The Labute approximate surface area is 128 Å². The van der Waals surface area contributed by atoms with Crippen LogP contribution in [0.2, 0.25) is 0 Å². The van der Waals surface area contributed by atoms with Crippen molar-refractivity contribution in [1.82, 2.24) is 4.31 Å². The number of halogens is 1. The standard InChI is InChI=1S/C12H16ClN3O4S/c1-9(2)15-8-10-7-11(16(17)18)3-4-12(10)14(6-5-13)21(15,19)20/h3-4,7,9H,5-6,8H2,1-2H3. The number of hydrogen-bond donors (Lipinski definition) is 0. The second kappa shape index (κ2) is 5.78. The lowest BCUT2D eigenvalue weighted by molar-refractivity contribution is -0.384. The fourth-order valence-corrected chi connectivity index (χ4v) is 4.42. The molecule has 0 amide bonds. The highest BCUT2D eigenvalue weighted by atomic mass is 35.5. The Morgan fingerprint density at radius 3 is 2.62 bits per heavy atom. The van der Waals surface area contributed by atoms with E-state index in [0.717, 1.165) is 0 Å². The lowest BCUT2D eigenvalue weighted by Crippen LogP contribution is -2.50. The number of nitro benzene ring substituents is 1. The minimum Gasteiger partial charge on any atom is -0.258 e. The van der Waals surface area contributed by atoms with E-state index in [1.165, 1.54) is 26.8 Å². The van der Waals surface area contributed by atoms with Gasteiger partial charge >= 0.3 is 10.2 Å². The van der Waals surface area contributed by atoms with Gasteiger partial charge in [0.2, 0.25) is 0 Å². The van der Waals surface area contributed by atoms with E-state index in [2.05, 4.69) is 0 Å². The highest BCUT2D eigenvalue weighted by Gasteiger charge is 2.38. The van der Waals surface area contributed by atoms with E-state index in [-0.39, 0.29) is 30.7 Å². The molecule has 1 heterocycles. The van der Waals surface area contributed by atoms with Gasteiger partial charge in [-0.05, 0) is 25.5 Å². The third kappa shape index (κ3) is 2.83. The molecule has 1 aliphatic rings. The number of anilines is 1. The van der Waals surface area contributed by atoms with Gasteiger partial charge in [0.15, 0.2) is 0 Å². The van der Waals surface area contributed by atoms with Crippen molar-refractivity contribution < 1.29 is 13.3 Å². The van der Waals surface area contributed by atoms with Crippen molar-refractivity contribution in [2.45, 2.75) is 26.4 Å². The van der Waals surface area contributed by atoms with E-state index in [9.17, 15) is 18.5 Å². The van der Waals surface area contributed by atoms with Crippen molar-refractivity contribution >= 4 is 33.2 Å². The predicted molar refractivity (Wildman–Crippen MR) is 80.8 cm³/mol. The highest BCUT2D eigenvalue weighted by Crippen LogP contribution is 2.35. The third-order valence-electron chi connectivity index (χ3n) is 3.31. The number of benzene rings is 1. The maximum absolute atomic E-state index is 12.6. The summed E-state index contributed by atoms with van der Waals surface area (Å²) in [6.45, 7) is 3.77. The molecule has 21 heavy (non-hydrogen) atoms. The number of hydrogen-bond acceptors (Lipinski definition) is 4. The largest absolute Gasteiger partial charge is 0.304 e. The summed E-state index contributed by atoms with van der Waals surface area (Å²) in [5.41, 5.74) is 1.01. The zero-order chi connectivity index (χ0) is 15.8. The van der Waals surface area contributed by atoms with Gasteiger partial charge in [0, 0.05) is 37.1 Å². The van der Waals surface area contributed by atoms with Gasteiger partial charge in [-0.1, -0.05) is 0 Å². The van der Waals surface area contributed by atoms with Gasteiger partial charge in [0.05, 0.1) is 10.6 Å². The Balaban J connectivity index is 2.59. The van der Waals surface area contributed by atoms with Crippen molar-refractivity contribution in [3.63, 3.8) is 0 Å². The second-order valence-corrected chi connectivity index (χ2v) is 7.16. The molecule has 0 unspecified atom stereocenters. The van der Waals surface area contributed by atoms with Gasteiger partial charge in [0.25, 0.3) is 5.69 Å².